The first-order chi connectivity index (χ1) is 11.6. The Morgan fingerprint density at radius 1 is 1.46 bits per heavy atom. The fourth-order valence-corrected chi connectivity index (χ4v) is 5.66. The minimum Gasteiger partial charge on any atom is -0.471 e. The fraction of sp³-hybridized carbons (Fsp3) is 0.412. The van der Waals surface area contributed by atoms with Crippen molar-refractivity contribution in [3.05, 3.63) is 46.0 Å². The van der Waals surface area contributed by atoms with E-state index < -0.39 is 5.82 Å². The molecule has 2 aliphatic heterocycles. The number of rotatable bonds is 3. The third-order valence-electron chi connectivity index (χ3n) is 4.48. The number of thioether (sulfide) groups is 1. The molecule has 7 heteroatoms. The van der Waals surface area contributed by atoms with Crippen LogP contribution in [0.1, 0.15) is 21.7 Å². The summed E-state index contributed by atoms with van der Waals surface area (Å²) in [5, 5.41) is 1.95. The summed E-state index contributed by atoms with van der Waals surface area (Å²) in [5.74, 6) is 0.563. The lowest BCUT2D eigenvalue weighted by atomic mass is 9.92. The third-order valence-corrected chi connectivity index (χ3v) is 7.06. The number of hydrogen-bond donors (Lipinski definition) is 0. The highest BCUT2D eigenvalue weighted by molar-refractivity contribution is 8.01. The molecule has 4 heterocycles. The Balaban J connectivity index is 1.36. The Labute approximate surface area is 148 Å². The largest absolute Gasteiger partial charge is 0.471 e. The zero-order valence-corrected chi connectivity index (χ0v) is 14.8. The molecule has 4 rings (SSSR count). The summed E-state index contributed by atoms with van der Waals surface area (Å²) in [5.41, 5.74) is 1.04. The minimum absolute atomic E-state index is 0.0523. The number of carbonyl (C=O) groups is 1. The Bertz CT molecular complexity index is 773. The van der Waals surface area contributed by atoms with Crippen molar-refractivity contribution in [1.82, 2.24) is 9.88 Å². The van der Waals surface area contributed by atoms with Crippen LogP contribution in [0, 0.1) is 12.7 Å². The molecule has 2 aromatic rings. The van der Waals surface area contributed by atoms with Gasteiger partial charge in [0.2, 0.25) is 0 Å². The van der Waals surface area contributed by atoms with Crippen LogP contribution >= 0.6 is 23.1 Å². The lowest BCUT2D eigenvalue weighted by Crippen LogP contribution is -2.60. The minimum atomic E-state index is -0.429. The first-order valence-corrected chi connectivity index (χ1v) is 9.67. The zero-order chi connectivity index (χ0) is 16.7. The Morgan fingerprint density at radius 3 is 3.00 bits per heavy atom. The van der Waals surface area contributed by atoms with Gasteiger partial charge in [-0.3, -0.25) is 4.79 Å². The first kappa shape index (κ1) is 15.9. The van der Waals surface area contributed by atoms with Crippen LogP contribution in [0.5, 0.6) is 5.88 Å². The molecule has 0 aliphatic carbocycles. The normalized spacial score (nSPS) is 21.8. The number of carbonyl (C=O) groups excluding carboxylic acids is 1. The van der Waals surface area contributed by atoms with E-state index >= 15 is 0 Å². The number of likely N-dealkylation sites (tertiary alicyclic amines) is 1. The summed E-state index contributed by atoms with van der Waals surface area (Å²) in [4.78, 5) is 19.2. The van der Waals surface area contributed by atoms with Gasteiger partial charge in [-0.2, -0.15) is 0 Å². The van der Waals surface area contributed by atoms with E-state index in [4.69, 9.17) is 4.74 Å². The lowest BCUT2D eigenvalue weighted by molar-refractivity contribution is 0.0518. The number of thiophene rings is 1. The average molecular weight is 364 g/mol. The van der Waals surface area contributed by atoms with E-state index in [1.807, 2.05) is 35.0 Å². The van der Waals surface area contributed by atoms with Gasteiger partial charge in [0.05, 0.1) is 9.62 Å². The van der Waals surface area contributed by atoms with E-state index in [1.165, 1.54) is 23.6 Å². The number of aryl methyl sites for hydroxylation is 1. The summed E-state index contributed by atoms with van der Waals surface area (Å²) >= 11 is 3.32. The molecule has 1 spiro atoms. The Kier molecular flexibility index (Phi) is 4.00. The van der Waals surface area contributed by atoms with Gasteiger partial charge in [0, 0.05) is 31.5 Å². The molecule has 2 saturated heterocycles. The van der Waals surface area contributed by atoms with E-state index in [0.29, 0.717) is 0 Å². The van der Waals surface area contributed by atoms with Gasteiger partial charge in [0.1, 0.15) is 6.10 Å². The van der Waals surface area contributed by atoms with Gasteiger partial charge >= 0.3 is 0 Å². The number of halogens is 1. The average Bonchev–Trinajstić information content (AvgIpc) is 3.14. The number of nitrogens with zero attached hydrogens (tertiary/aromatic N) is 2. The van der Waals surface area contributed by atoms with Crippen molar-refractivity contribution < 1.29 is 13.9 Å². The van der Waals surface area contributed by atoms with Crippen molar-refractivity contribution in [1.29, 1.82) is 0 Å². The lowest BCUT2D eigenvalue weighted by Gasteiger charge is -2.47. The van der Waals surface area contributed by atoms with Crippen molar-refractivity contribution in [2.75, 3.05) is 18.8 Å². The van der Waals surface area contributed by atoms with Gasteiger partial charge in [-0.1, -0.05) is 0 Å². The van der Waals surface area contributed by atoms with Crippen LogP contribution in [0.15, 0.2) is 29.8 Å². The highest BCUT2D eigenvalue weighted by atomic mass is 32.2. The molecule has 0 bridgehead atoms. The molecule has 24 heavy (non-hydrogen) atoms. The smallest absolute Gasteiger partial charge is 0.264 e. The zero-order valence-electron chi connectivity index (χ0n) is 13.2. The van der Waals surface area contributed by atoms with Gasteiger partial charge in [-0.25, -0.2) is 9.37 Å². The van der Waals surface area contributed by atoms with Crippen LogP contribution in [-0.2, 0) is 0 Å². The van der Waals surface area contributed by atoms with Crippen LogP contribution in [0.3, 0.4) is 0 Å². The van der Waals surface area contributed by atoms with Crippen LogP contribution in [0.25, 0.3) is 0 Å². The van der Waals surface area contributed by atoms with Crippen molar-refractivity contribution >= 4 is 29.0 Å². The summed E-state index contributed by atoms with van der Waals surface area (Å²) in [6.07, 6.45) is 2.30. The van der Waals surface area contributed by atoms with Crippen molar-refractivity contribution in [2.24, 2.45) is 0 Å². The number of ether oxygens (including phenoxy) is 1. The molecule has 1 amide bonds. The van der Waals surface area contributed by atoms with E-state index in [1.54, 1.807) is 6.07 Å². The standard InChI is InChI=1S/C17H17FN2O2S2/c1-11-4-6-23-14(11)16(21)20-9-17(10-20)7-12(8-24-17)22-15-13(18)3-2-5-19-15/h2-6,12H,7-10H2,1H3/t12-/m1/s1. The predicted octanol–water partition coefficient (Wildman–Crippen LogP) is 3.37. The fourth-order valence-electron chi connectivity index (χ4n) is 3.24. The van der Waals surface area contributed by atoms with Crippen LogP contribution in [0.2, 0.25) is 0 Å². The first-order valence-electron chi connectivity index (χ1n) is 7.81. The molecule has 2 fully saturated rings. The van der Waals surface area contributed by atoms with Gasteiger partial charge in [0.15, 0.2) is 5.82 Å². The number of hydrogen-bond acceptors (Lipinski definition) is 5. The highest BCUT2D eigenvalue weighted by Crippen LogP contribution is 2.46. The maximum atomic E-state index is 13.6. The molecule has 0 unspecified atom stereocenters. The van der Waals surface area contributed by atoms with Crippen LogP contribution in [-0.4, -0.2) is 45.5 Å². The molecule has 4 nitrogen and oxygen atoms in total. The van der Waals surface area contributed by atoms with Crippen molar-refractivity contribution in [3.63, 3.8) is 0 Å². The molecule has 0 aromatic carbocycles. The second kappa shape index (κ2) is 6.04. The number of aromatic nitrogens is 1. The Hall–Kier alpha value is -1.60. The molecular formula is C17H17FN2O2S2. The topological polar surface area (TPSA) is 42.4 Å². The maximum Gasteiger partial charge on any atom is 0.264 e. The molecule has 2 aromatic heterocycles. The summed E-state index contributed by atoms with van der Waals surface area (Å²) in [7, 11) is 0. The molecule has 126 valence electrons. The third kappa shape index (κ3) is 2.80. The molecule has 0 radical (unpaired) electrons. The van der Waals surface area contributed by atoms with E-state index in [9.17, 15) is 9.18 Å². The van der Waals surface area contributed by atoms with Gasteiger partial charge < -0.3 is 9.64 Å². The van der Waals surface area contributed by atoms with Gasteiger partial charge in [0.25, 0.3) is 11.8 Å². The molecule has 0 saturated carbocycles. The summed E-state index contributed by atoms with van der Waals surface area (Å²) in [6, 6.07) is 4.88. The van der Waals surface area contributed by atoms with Gasteiger partial charge in [-0.05, 0) is 36.1 Å². The SMILES string of the molecule is Cc1ccsc1C(=O)N1CC2(C[C@@H](Oc3ncccc3F)CS2)C1. The van der Waals surface area contributed by atoms with Crippen molar-refractivity contribution in [3.8, 4) is 5.88 Å². The second-order valence-electron chi connectivity index (χ2n) is 6.32. The molecule has 2 aliphatic rings. The molecular weight excluding hydrogens is 347 g/mol. The second-order valence-corrected chi connectivity index (χ2v) is 8.73. The van der Waals surface area contributed by atoms with Crippen molar-refractivity contribution in [2.45, 2.75) is 24.2 Å². The molecule has 1 atom stereocenters. The molecule has 0 N–H and O–H groups in total. The van der Waals surface area contributed by atoms with E-state index in [0.717, 1.165) is 35.7 Å². The maximum absolute atomic E-state index is 13.6. The highest BCUT2D eigenvalue weighted by Gasteiger charge is 2.51. The van der Waals surface area contributed by atoms with E-state index in [2.05, 4.69) is 4.98 Å². The number of pyridine rings is 1. The van der Waals surface area contributed by atoms with Crippen LogP contribution in [0.4, 0.5) is 4.39 Å². The summed E-state index contributed by atoms with van der Waals surface area (Å²) in [6.45, 7) is 3.44. The quantitative estimate of drug-likeness (QED) is 0.837. The van der Waals surface area contributed by atoms with E-state index in [-0.39, 0.29) is 22.6 Å². The van der Waals surface area contributed by atoms with Gasteiger partial charge in [-0.15, -0.1) is 23.1 Å². The number of amides is 1. The summed E-state index contributed by atoms with van der Waals surface area (Å²) < 4.78 is 19.4. The predicted molar refractivity (Wildman–Crippen MR) is 93.4 cm³/mol. The van der Waals surface area contributed by atoms with Crippen LogP contribution < -0.4 is 4.74 Å². The Morgan fingerprint density at radius 2 is 2.29 bits per heavy atom. The monoisotopic (exact) mass is 364 g/mol.